The smallest absolute Gasteiger partial charge is 0.338 e. The number of methoxy groups -OCH3 is 1. The summed E-state index contributed by atoms with van der Waals surface area (Å²) >= 11 is 0. The van der Waals surface area contributed by atoms with Crippen LogP contribution in [0.1, 0.15) is 40.4 Å². The molecule has 0 atom stereocenters. The number of aliphatic imine (C=N–C) groups is 1. The van der Waals surface area contributed by atoms with Crippen molar-refractivity contribution in [1.82, 2.24) is 4.98 Å². The number of rotatable bonds is 5. The Hall–Kier alpha value is -3.85. The molecular weight excluding hydrogens is 364 g/mol. The van der Waals surface area contributed by atoms with Gasteiger partial charge in [-0.15, -0.1) is 0 Å². The van der Waals surface area contributed by atoms with Crippen LogP contribution in [0.5, 0.6) is 0 Å². The van der Waals surface area contributed by atoms with Gasteiger partial charge in [-0.3, -0.25) is 4.99 Å². The number of nitrogen functional groups attached to an aromatic ring is 1. The van der Waals surface area contributed by atoms with Gasteiger partial charge in [-0.25, -0.2) is 9.78 Å². The number of nitrogens with zero attached hydrogens (tertiary/aromatic N) is 2. The van der Waals surface area contributed by atoms with Crippen molar-refractivity contribution in [2.45, 2.75) is 20.3 Å². The van der Waals surface area contributed by atoms with Crippen LogP contribution in [0.25, 0.3) is 0 Å². The lowest BCUT2D eigenvalue weighted by Gasteiger charge is -2.11. The minimum atomic E-state index is -0.393. The lowest BCUT2D eigenvalue weighted by molar-refractivity contribution is 0.0600. The minimum Gasteiger partial charge on any atom is -0.465 e. The predicted molar refractivity (Wildman–Crippen MR) is 116 cm³/mol. The number of hydrogen-bond acceptors (Lipinski definition) is 6. The van der Waals surface area contributed by atoms with Crippen LogP contribution < -0.4 is 11.5 Å². The summed E-state index contributed by atoms with van der Waals surface area (Å²) in [7, 11) is 1.35. The zero-order valence-electron chi connectivity index (χ0n) is 16.8. The average Bonchev–Trinajstić information content (AvgIpc) is 2.73. The maximum absolute atomic E-state index is 11.9. The summed E-state index contributed by atoms with van der Waals surface area (Å²) in [6.45, 7) is 7.48. The number of anilines is 1. The minimum absolute atomic E-state index is 0.393. The Kier molecular flexibility index (Phi) is 7.33. The first-order valence-electron chi connectivity index (χ1n) is 9.01. The number of pyridine rings is 1. The molecule has 0 aliphatic rings. The Balaban J connectivity index is 2.57. The fourth-order valence-corrected chi connectivity index (χ4v) is 2.61. The third-order valence-electron chi connectivity index (χ3n) is 4.18. The second-order valence-electron chi connectivity index (χ2n) is 6.16. The van der Waals surface area contributed by atoms with E-state index in [0.29, 0.717) is 40.3 Å². The molecule has 1 aromatic carbocycles. The molecule has 0 saturated heterocycles. The highest BCUT2D eigenvalue weighted by molar-refractivity contribution is 6.16. The number of aromatic nitrogens is 1. The number of carbonyl (C=O) groups is 1. The van der Waals surface area contributed by atoms with E-state index in [9.17, 15) is 4.79 Å². The average molecular weight is 388 g/mol. The van der Waals surface area contributed by atoms with E-state index in [1.807, 2.05) is 19.9 Å². The molecule has 29 heavy (non-hydrogen) atoms. The fourth-order valence-electron chi connectivity index (χ4n) is 2.61. The largest absolute Gasteiger partial charge is 0.465 e. The van der Waals surface area contributed by atoms with Crippen molar-refractivity contribution in [2.24, 2.45) is 10.7 Å². The number of benzene rings is 1. The normalized spacial score (nSPS) is 11.8. The van der Waals surface area contributed by atoms with E-state index < -0.39 is 5.97 Å². The molecule has 0 unspecified atom stereocenters. The molecule has 0 aliphatic heterocycles. The van der Waals surface area contributed by atoms with Crippen LogP contribution in [-0.4, -0.2) is 23.8 Å². The first-order chi connectivity index (χ1) is 13.9. The molecule has 4 N–H and O–H groups in total. The van der Waals surface area contributed by atoms with Crippen LogP contribution in [0.4, 0.5) is 5.82 Å². The number of aryl methyl sites for hydroxylation is 1. The van der Waals surface area contributed by atoms with Crippen molar-refractivity contribution in [3.8, 4) is 11.8 Å². The number of nitrogens with two attached hydrogens (primary N) is 2. The number of esters is 1. The monoisotopic (exact) mass is 388 g/mol. The summed E-state index contributed by atoms with van der Waals surface area (Å²) < 4.78 is 4.81. The first-order valence-corrected chi connectivity index (χ1v) is 9.01. The lowest BCUT2D eigenvalue weighted by Crippen LogP contribution is -2.12. The summed E-state index contributed by atoms with van der Waals surface area (Å²) in [5.41, 5.74) is 16.4. The van der Waals surface area contributed by atoms with Gasteiger partial charge in [0.15, 0.2) is 0 Å². The standard InChI is InChI=1S/C23H24N4O2/c1-5-20(24)19(10-7-16-8-12-21(25)27-14-16)22(26-6-2)17-9-11-18(15(3)13-17)23(28)29-4/h6,8-9,11-14H,2,5,24H2,1,3-4H3,(H2,25,27)/b20-19-,26-22-. The van der Waals surface area contributed by atoms with E-state index in [1.54, 1.807) is 30.5 Å². The zero-order valence-corrected chi connectivity index (χ0v) is 16.8. The molecule has 1 aromatic heterocycles. The zero-order chi connectivity index (χ0) is 21.4. The first kappa shape index (κ1) is 21.5. The second kappa shape index (κ2) is 9.90. The Bertz CT molecular complexity index is 1040. The number of allylic oxidation sites excluding steroid dienone is 2. The van der Waals surface area contributed by atoms with Gasteiger partial charge in [0.05, 0.1) is 24.0 Å². The maximum Gasteiger partial charge on any atom is 0.338 e. The highest BCUT2D eigenvalue weighted by Crippen LogP contribution is 2.18. The molecular formula is C23H24N4O2. The van der Waals surface area contributed by atoms with Crippen molar-refractivity contribution in [3.05, 3.63) is 82.8 Å². The third-order valence-corrected chi connectivity index (χ3v) is 4.18. The number of hydrogen-bond donors (Lipinski definition) is 2. The van der Waals surface area contributed by atoms with E-state index >= 15 is 0 Å². The predicted octanol–water partition coefficient (Wildman–Crippen LogP) is 3.37. The van der Waals surface area contributed by atoms with E-state index in [1.165, 1.54) is 13.3 Å². The van der Waals surface area contributed by atoms with Gasteiger partial charge < -0.3 is 16.2 Å². The van der Waals surface area contributed by atoms with E-state index in [-0.39, 0.29) is 0 Å². The van der Waals surface area contributed by atoms with Crippen molar-refractivity contribution < 1.29 is 9.53 Å². The third kappa shape index (κ3) is 5.33. The van der Waals surface area contributed by atoms with Crippen LogP contribution in [0.15, 0.2) is 65.6 Å². The molecule has 1 heterocycles. The van der Waals surface area contributed by atoms with Gasteiger partial charge in [-0.1, -0.05) is 31.4 Å². The van der Waals surface area contributed by atoms with Gasteiger partial charge in [-0.2, -0.15) is 0 Å². The van der Waals surface area contributed by atoms with Gasteiger partial charge >= 0.3 is 5.97 Å². The molecule has 0 bridgehead atoms. The maximum atomic E-state index is 11.9. The molecule has 0 spiro atoms. The van der Waals surface area contributed by atoms with Gasteiger partial charge in [0.1, 0.15) is 5.82 Å². The van der Waals surface area contributed by atoms with Crippen molar-refractivity contribution in [3.63, 3.8) is 0 Å². The number of ether oxygens (including phenoxy) is 1. The van der Waals surface area contributed by atoms with E-state index in [4.69, 9.17) is 16.2 Å². The van der Waals surface area contributed by atoms with Gasteiger partial charge in [0.25, 0.3) is 0 Å². The summed E-state index contributed by atoms with van der Waals surface area (Å²) in [4.78, 5) is 20.3. The van der Waals surface area contributed by atoms with Crippen LogP contribution in [0.3, 0.4) is 0 Å². The second-order valence-corrected chi connectivity index (χ2v) is 6.16. The summed E-state index contributed by atoms with van der Waals surface area (Å²) in [5.74, 6) is 6.20. The molecule has 6 nitrogen and oxygen atoms in total. The Labute approximate surface area is 171 Å². The summed E-state index contributed by atoms with van der Waals surface area (Å²) in [5, 5.41) is 0. The van der Waals surface area contributed by atoms with Crippen molar-refractivity contribution in [2.75, 3.05) is 12.8 Å². The van der Waals surface area contributed by atoms with Crippen molar-refractivity contribution >= 4 is 17.5 Å². The van der Waals surface area contributed by atoms with Gasteiger partial charge in [0, 0.05) is 29.2 Å². The van der Waals surface area contributed by atoms with Crippen LogP contribution in [0, 0.1) is 18.8 Å². The molecule has 0 radical (unpaired) electrons. The van der Waals surface area contributed by atoms with Crippen molar-refractivity contribution in [1.29, 1.82) is 0 Å². The molecule has 0 amide bonds. The quantitative estimate of drug-likeness (QED) is 0.464. The highest BCUT2D eigenvalue weighted by Gasteiger charge is 2.15. The lowest BCUT2D eigenvalue weighted by atomic mass is 9.96. The molecule has 0 saturated carbocycles. The molecule has 6 heteroatoms. The highest BCUT2D eigenvalue weighted by atomic mass is 16.5. The Morgan fingerprint density at radius 2 is 2.10 bits per heavy atom. The van der Waals surface area contributed by atoms with Gasteiger partial charge in [0.2, 0.25) is 0 Å². The topological polar surface area (TPSA) is 104 Å². The molecule has 0 fully saturated rings. The van der Waals surface area contributed by atoms with Gasteiger partial charge in [-0.05, 0) is 43.2 Å². The Morgan fingerprint density at radius 3 is 2.66 bits per heavy atom. The van der Waals surface area contributed by atoms with Crippen LogP contribution in [-0.2, 0) is 4.74 Å². The SMILES string of the molecule is C=C/N=C(\C(C#Cc1ccc(N)nc1)=C(/N)CC)c1ccc(C(=O)OC)c(C)c1. The number of carbonyl (C=O) groups excluding carboxylic acids is 1. The summed E-state index contributed by atoms with van der Waals surface area (Å²) in [6, 6.07) is 8.81. The van der Waals surface area contributed by atoms with Crippen LogP contribution >= 0.6 is 0 Å². The molecule has 2 rings (SSSR count). The Morgan fingerprint density at radius 1 is 1.34 bits per heavy atom. The molecule has 2 aromatic rings. The molecule has 148 valence electrons. The van der Waals surface area contributed by atoms with E-state index in [0.717, 1.165) is 11.1 Å². The van der Waals surface area contributed by atoms with E-state index in [2.05, 4.69) is 28.4 Å². The molecule has 0 aliphatic carbocycles. The van der Waals surface area contributed by atoms with Crippen LogP contribution in [0.2, 0.25) is 0 Å². The summed E-state index contributed by atoms with van der Waals surface area (Å²) in [6.07, 6.45) is 3.63. The fraction of sp³-hybridized carbons (Fsp3) is 0.174.